The van der Waals surface area contributed by atoms with E-state index in [4.69, 9.17) is 0 Å². The van der Waals surface area contributed by atoms with Crippen LogP contribution in [0.15, 0.2) is 18.2 Å². The van der Waals surface area contributed by atoms with E-state index >= 15 is 0 Å². The summed E-state index contributed by atoms with van der Waals surface area (Å²) in [6.07, 6.45) is 4.14. The Balaban J connectivity index is 2.00. The Kier molecular flexibility index (Phi) is 4.11. The molecule has 0 aromatic heterocycles. The summed E-state index contributed by atoms with van der Waals surface area (Å²) in [6, 6.07) is 4.18. The molecule has 94 valence electrons. The van der Waals surface area contributed by atoms with Crippen molar-refractivity contribution in [3.8, 4) is 0 Å². The smallest absolute Gasteiger partial charge is 0.129 e. The van der Waals surface area contributed by atoms with Crippen molar-refractivity contribution < 1.29 is 8.78 Å². The molecule has 0 amide bonds. The first kappa shape index (κ1) is 12.5. The average molecular weight is 239 g/mol. The van der Waals surface area contributed by atoms with E-state index in [1.807, 2.05) is 0 Å². The van der Waals surface area contributed by atoms with Gasteiger partial charge in [0.25, 0.3) is 0 Å². The maximum absolute atomic E-state index is 13.5. The maximum Gasteiger partial charge on any atom is 0.129 e. The van der Waals surface area contributed by atoms with Crippen LogP contribution in [0.4, 0.5) is 8.78 Å². The van der Waals surface area contributed by atoms with Crippen molar-refractivity contribution in [2.45, 2.75) is 38.6 Å². The van der Waals surface area contributed by atoms with E-state index in [-0.39, 0.29) is 0 Å². The van der Waals surface area contributed by atoms with Crippen molar-refractivity contribution in [2.24, 2.45) is 5.92 Å². The molecule has 1 aliphatic heterocycles. The molecule has 1 aromatic rings. The minimum Gasteiger partial charge on any atom is -0.314 e. The van der Waals surface area contributed by atoms with Crippen LogP contribution >= 0.6 is 0 Å². The Morgan fingerprint density at radius 2 is 2.18 bits per heavy atom. The molecule has 2 rings (SSSR count). The van der Waals surface area contributed by atoms with Crippen LogP contribution in [0.25, 0.3) is 0 Å². The number of rotatable bonds is 3. The Bertz CT molecular complexity index is 378. The molecule has 3 heteroatoms. The predicted octanol–water partition coefficient (Wildman–Crippen LogP) is 3.29. The molecule has 1 saturated heterocycles. The molecule has 0 spiro atoms. The van der Waals surface area contributed by atoms with Crippen molar-refractivity contribution in [3.05, 3.63) is 35.4 Å². The fourth-order valence-corrected chi connectivity index (χ4v) is 2.57. The topological polar surface area (TPSA) is 12.0 Å². The predicted molar refractivity (Wildman–Crippen MR) is 64.9 cm³/mol. The van der Waals surface area contributed by atoms with Crippen LogP contribution in [-0.2, 0) is 6.42 Å². The second-order valence-electron chi connectivity index (χ2n) is 4.89. The van der Waals surface area contributed by atoms with E-state index in [9.17, 15) is 8.78 Å². The van der Waals surface area contributed by atoms with Gasteiger partial charge in [-0.1, -0.05) is 19.4 Å². The van der Waals surface area contributed by atoms with Gasteiger partial charge < -0.3 is 5.32 Å². The van der Waals surface area contributed by atoms with Crippen LogP contribution in [0, 0.1) is 17.6 Å². The van der Waals surface area contributed by atoms with Gasteiger partial charge in [0.1, 0.15) is 11.6 Å². The molecule has 2 unspecified atom stereocenters. The number of benzene rings is 1. The van der Waals surface area contributed by atoms with Crippen LogP contribution in [0.5, 0.6) is 0 Å². The van der Waals surface area contributed by atoms with Crippen molar-refractivity contribution in [3.63, 3.8) is 0 Å². The largest absolute Gasteiger partial charge is 0.314 e. The van der Waals surface area contributed by atoms with E-state index in [0.717, 1.165) is 24.9 Å². The first-order chi connectivity index (χ1) is 8.19. The lowest BCUT2D eigenvalue weighted by atomic mass is 9.87. The highest BCUT2D eigenvalue weighted by Crippen LogP contribution is 2.22. The second-order valence-corrected chi connectivity index (χ2v) is 4.89. The van der Waals surface area contributed by atoms with Gasteiger partial charge in [-0.05, 0) is 43.4 Å². The minimum absolute atomic E-state index is 0.327. The van der Waals surface area contributed by atoms with Crippen LogP contribution < -0.4 is 5.32 Å². The summed E-state index contributed by atoms with van der Waals surface area (Å²) < 4.78 is 26.3. The van der Waals surface area contributed by atoms with E-state index in [1.165, 1.54) is 18.9 Å². The molecule has 1 aliphatic rings. The van der Waals surface area contributed by atoms with Crippen molar-refractivity contribution in [1.82, 2.24) is 5.32 Å². The summed E-state index contributed by atoms with van der Waals surface area (Å²) in [7, 11) is 0. The molecule has 1 nitrogen and oxygen atoms in total. The number of nitrogens with one attached hydrogen (secondary N) is 1. The Morgan fingerprint density at radius 3 is 2.88 bits per heavy atom. The van der Waals surface area contributed by atoms with Gasteiger partial charge in [-0.2, -0.15) is 0 Å². The zero-order valence-corrected chi connectivity index (χ0v) is 10.2. The summed E-state index contributed by atoms with van der Waals surface area (Å²) in [4.78, 5) is 0. The molecular weight excluding hydrogens is 220 g/mol. The van der Waals surface area contributed by atoms with Gasteiger partial charge in [0.15, 0.2) is 0 Å². The Labute approximate surface area is 101 Å². The van der Waals surface area contributed by atoms with Crippen molar-refractivity contribution >= 4 is 0 Å². The normalized spacial score (nSPS) is 24.9. The van der Waals surface area contributed by atoms with Gasteiger partial charge in [0.05, 0.1) is 0 Å². The highest BCUT2D eigenvalue weighted by Gasteiger charge is 2.21. The SMILES string of the molecule is CCC1CCNC(Cc2ccc(F)cc2F)C1. The third kappa shape index (κ3) is 3.25. The fourth-order valence-electron chi connectivity index (χ4n) is 2.57. The zero-order chi connectivity index (χ0) is 12.3. The fraction of sp³-hybridized carbons (Fsp3) is 0.571. The number of piperidine rings is 1. The van der Waals surface area contributed by atoms with Crippen molar-refractivity contribution in [1.29, 1.82) is 0 Å². The molecule has 17 heavy (non-hydrogen) atoms. The summed E-state index contributed by atoms with van der Waals surface area (Å²) in [5.74, 6) is -0.190. The quantitative estimate of drug-likeness (QED) is 0.853. The lowest BCUT2D eigenvalue weighted by Gasteiger charge is -2.30. The summed E-state index contributed by atoms with van der Waals surface area (Å²) >= 11 is 0. The lowest BCUT2D eigenvalue weighted by Crippen LogP contribution is -2.39. The third-order valence-electron chi connectivity index (χ3n) is 3.66. The molecule has 2 atom stereocenters. The molecule has 1 aromatic carbocycles. The van der Waals surface area contributed by atoms with E-state index in [1.54, 1.807) is 6.07 Å². The first-order valence-electron chi connectivity index (χ1n) is 6.36. The number of hydrogen-bond acceptors (Lipinski definition) is 1. The van der Waals surface area contributed by atoms with Crippen LogP contribution in [0.1, 0.15) is 31.7 Å². The third-order valence-corrected chi connectivity index (χ3v) is 3.66. The molecule has 0 saturated carbocycles. The summed E-state index contributed by atoms with van der Waals surface area (Å²) in [6.45, 7) is 3.21. The van der Waals surface area contributed by atoms with Crippen molar-refractivity contribution in [2.75, 3.05) is 6.54 Å². The van der Waals surface area contributed by atoms with Gasteiger partial charge in [-0.3, -0.25) is 0 Å². The molecule has 1 fully saturated rings. The van der Waals surface area contributed by atoms with E-state index in [2.05, 4.69) is 12.2 Å². The first-order valence-corrected chi connectivity index (χ1v) is 6.36. The molecule has 0 bridgehead atoms. The number of hydrogen-bond donors (Lipinski definition) is 1. The van der Waals surface area contributed by atoms with Crippen LogP contribution in [0.3, 0.4) is 0 Å². The molecule has 0 radical (unpaired) electrons. The highest BCUT2D eigenvalue weighted by molar-refractivity contribution is 5.19. The van der Waals surface area contributed by atoms with Crippen LogP contribution in [0.2, 0.25) is 0 Å². The highest BCUT2D eigenvalue weighted by atomic mass is 19.1. The summed E-state index contributed by atoms with van der Waals surface area (Å²) in [5, 5.41) is 3.41. The standard InChI is InChI=1S/C14H19F2N/c1-2-10-5-6-17-13(7-10)8-11-3-4-12(15)9-14(11)16/h3-4,9-10,13,17H,2,5-8H2,1H3. The van der Waals surface area contributed by atoms with Gasteiger partial charge >= 0.3 is 0 Å². The monoisotopic (exact) mass is 239 g/mol. The zero-order valence-electron chi connectivity index (χ0n) is 10.2. The Hall–Kier alpha value is -0.960. The Morgan fingerprint density at radius 1 is 1.35 bits per heavy atom. The molecular formula is C14H19F2N. The average Bonchev–Trinajstić information content (AvgIpc) is 2.33. The maximum atomic E-state index is 13.5. The van der Waals surface area contributed by atoms with E-state index in [0.29, 0.717) is 18.0 Å². The second kappa shape index (κ2) is 5.58. The molecule has 1 heterocycles. The van der Waals surface area contributed by atoms with Gasteiger partial charge in [0, 0.05) is 12.1 Å². The van der Waals surface area contributed by atoms with Gasteiger partial charge in [-0.25, -0.2) is 8.78 Å². The molecule has 1 N–H and O–H groups in total. The summed E-state index contributed by atoms with van der Waals surface area (Å²) in [5.41, 5.74) is 0.612. The van der Waals surface area contributed by atoms with Gasteiger partial charge in [-0.15, -0.1) is 0 Å². The minimum atomic E-state index is -0.505. The number of halogens is 2. The van der Waals surface area contributed by atoms with Gasteiger partial charge in [0.2, 0.25) is 0 Å². The van der Waals surface area contributed by atoms with Crippen LogP contribution in [-0.4, -0.2) is 12.6 Å². The molecule has 0 aliphatic carbocycles. The van der Waals surface area contributed by atoms with E-state index < -0.39 is 11.6 Å². The lowest BCUT2D eigenvalue weighted by molar-refractivity contribution is 0.292.